The first-order chi connectivity index (χ1) is 16.1. The van der Waals surface area contributed by atoms with Crippen molar-refractivity contribution in [2.45, 2.75) is 6.54 Å². The second kappa shape index (κ2) is 7.78. The zero-order chi connectivity index (χ0) is 22.4. The number of benzene rings is 1. The number of nitrogens with zero attached hydrogens (tertiary/aromatic N) is 6. The van der Waals surface area contributed by atoms with Gasteiger partial charge in [0.1, 0.15) is 11.6 Å². The molecule has 168 valence electrons. The molecule has 1 amide bonds. The highest BCUT2D eigenvalue weighted by Gasteiger charge is 2.22. The van der Waals surface area contributed by atoms with Gasteiger partial charge in [0.15, 0.2) is 18.0 Å². The Labute approximate surface area is 188 Å². The van der Waals surface area contributed by atoms with Crippen molar-refractivity contribution in [2.24, 2.45) is 0 Å². The predicted molar refractivity (Wildman–Crippen MR) is 121 cm³/mol. The highest BCUT2D eigenvalue weighted by molar-refractivity contribution is 5.95. The third-order valence-corrected chi connectivity index (χ3v) is 5.86. The smallest absolute Gasteiger partial charge is 0.262 e. The summed E-state index contributed by atoms with van der Waals surface area (Å²) in [4.78, 5) is 25.2. The predicted octanol–water partition coefficient (Wildman–Crippen LogP) is 1.62. The van der Waals surface area contributed by atoms with Gasteiger partial charge < -0.3 is 25.1 Å². The number of anilines is 3. The number of carbonyl (C=O) groups excluding carboxylic acids is 1. The largest absolute Gasteiger partial charge is 0.482 e. The Morgan fingerprint density at radius 2 is 1.97 bits per heavy atom. The molecule has 0 radical (unpaired) electrons. The van der Waals surface area contributed by atoms with Crippen LogP contribution in [0, 0.1) is 0 Å². The topological polar surface area (TPSA) is 127 Å². The van der Waals surface area contributed by atoms with Gasteiger partial charge in [0.2, 0.25) is 11.8 Å². The van der Waals surface area contributed by atoms with Crippen molar-refractivity contribution >= 4 is 29.0 Å². The molecule has 1 saturated heterocycles. The standard InChI is InChI=1S/C22H22N8O3/c23-22-26-18(11-19-25-21(27-30(19)22)17-2-1-9-32-17)29-7-5-28(6-8-29)12-14-3-4-16-15(10-14)24-20(31)13-33-16/h1-4,9-11H,5-8,12-13H2,(H2,23,26)(H,24,31). The number of fused-ring (bicyclic) bond motifs is 2. The molecule has 5 heterocycles. The lowest BCUT2D eigenvalue weighted by Crippen LogP contribution is -2.46. The molecule has 3 N–H and O–H groups in total. The number of furan rings is 1. The maximum absolute atomic E-state index is 11.6. The molecule has 33 heavy (non-hydrogen) atoms. The summed E-state index contributed by atoms with van der Waals surface area (Å²) in [5.41, 5.74) is 8.66. The van der Waals surface area contributed by atoms with E-state index in [4.69, 9.17) is 14.9 Å². The van der Waals surface area contributed by atoms with Crippen LogP contribution in [0.2, 0.25) is 0 Å². The molecule has 2 aliphatic heterocycles. The number of rotatable bonds is 4. The quantitative estimate of drug-likeness (QED) is 0.481. The number of piperazine rings is 1. The van der Waals surface area contributed by atoms with Gasteiger partial charge in [0.05, 0.1) is 12.0 Å². The number of hydrogen-bond acceptors (Lipinski definition) is 9. The second-order valence-corrected chi connectivity index (χ2v) is 8.09. The van der Waals surface area contributed by atoms with Gasteiger partial charge in [-0.1, -0.05) is 6.07 Å². The number of ether oxygens (including phenoxy) is 1. The summed E-state index contributed by atoms with van der Waals surface area (Å²) in [5, 5.41) is 7.26. The van der Waals surface area contributed by atoms with Crippen LogP contribution in [0.25, 0.3) is 17.2 Å². The van der Waals surface area contributed by atoms with E-state index in [0.29, 0.717) is 23.0 Å². The van der Waals surface area contributed by atoms with Crippen molar-refractivity contribution in [1.82, 2.24) is 24.5 Å². The fourth-order valence-corrected chi connectivity index (χ4v) is 4.19. The number of amides is 1. The van der Waals surface area contributed by atoms with E-state index in [1.807, 2.05) is 30.3 Å². The number of aromatic nitrogens is 4. The van der Waals surface area contributed by atoms with Crippen molar-refractivity contribution in [3.8, 4) is 17.3 Å². The normalized spacial score (nSPS) is 16.5. The Hall–Kier alpha value is -4.12. The summed E-state index contributed by atoms with van der Waals surface area (Å²) >= 11 is 0. The fraction of sp³-hybridized carbons (Fsp3) is 0.273. The van der Waals surface area contributed by atoms with Crippen molar-refractivity contribution in [3.05, 3.63) is 48.2 Å². The molecule has 0 atom stereocenters. The van der Waals surface area contributed by atoms with Gasteiger partial charge in [-0.2, -0.15) is 9.50 Å². The molecule has 1 aromatic carbocycles. The Kier molecular flexibility index (Phi) is 4.61. The van der Waals surface area contributed by atoms with Gasteiger partial charge in [0.25, 0.3) is 5.91 Å². The van der Waals surface area contributed by atoms with Gasteiger partial charge in [-0.15, -0.1) is 5.10 Å². The minimum atomic E-state index is -0.124. The average Bonchev–Trinajstić information content (AvgIpc) is 3.49. The van der Waals surface area contributed by atoms with E-state index in [1.54, 1.807) is 12.3 Å². The van der Waals surface area contributed by atoms with E-state index in [0.717, 1.165) is 49.8 Å². The van der Waals surface area contributed by atoms with Crippen molar-refractivity contribution in [2.75, 3.05) is 48.7 Å². The molecule has 3 aromatic heterocycles. The van der Waals surface area contributed by atoms with Gasteiger partial charge in [0, 0.05) is 38.8 Å². The molecule has 11 heteroatoms. The van der Waals surface area contributed by atoms with E-state index in [-0.39, 0.29) is 18.5 Å². The first kappa shape index (κ1) is 19.6. The summed E-state index contributed by atoms with van der Waals surface area (Å²) in [7, 11) is 0. The molecular formula is C22H22N8O3. The van der Waals surface area contributed by atoms with E-state index < -0.39 is 0 Å². The van der Waals surface area contributed by atoms with Crippen molar-refractivity contribution < 1.29 is 13.9 Å². The van der Waals surface area contributed by atoms with Crippen LogP contribution >= 0.6 is 0 Å². The molecule has 0 unspecified atom stereocenters. The summed E-state index contributed by atoms with van der Waals surface area (Å²) in [6.07, 6.45) is 1.58. The van der Waals surface area contributed by atoms with E-state index in [1.165, 1.54) is 4.52 Å². The van der Waals surface area contributed by atoms with Gasteiger partial charge >= 0.3 is 0 Å². The maximum atomic E-state index is 11.6. The molecular weight excluding hydrogens is 424 g/mol. The molecule has 0 aliphatic carbocycles. The zero-order valence-corrected chi connectivity index (χ0v) is 17.8. The fourth-order valence-electron chi connectivity index (χ4n) is 4.19. The first-order valence-corrected chi connectivity index (χ1v) is 10.7. The summed E-state index contributed by atoms with van der Waals surface area (Å²) in [5.74, 6) is 2.72. The second-order valence-electron chi connectivity index (χ2n) is 8.09. The van der Waals surface area contributed by atoms with Crippen molar-refractivity contribution in [3.63, 3.8) is 0 Å². The number of nitrogen functional groups attached to an aromatic ring is 1. The van der Waals surface area contributed by atoms with Crippen LogP contribution in [0.1, 0.15) is 5.56 Å². The Bertz CT molecular complexity index is 1330. The van der Waals surface area contributed by atoms with Gasteiger partial charge in [-0.3, -0.25) is 9.69 Å². The minimum Gasteiger partial charge on any atom is -0.482 e. The molecule has 0 saturated carbocycles. The zero-order valence-electron chi connectivity index (χ0n) is 17.8. The summed E-state index contributed by atoms with van der Waals surface area (Å²) in [6.45, 7) is 4.23. The molecule has 4 aromatic rings. The Morgan fingerprint density at radius 1 is 1.09 bits per heavy atom. The van der Waals surface area contributed by atoms with E-state index in [9.17, 15) is 4.79 Å². The first-order valence-electron chi connectivity index (χ1n) is 10.7. The molecule has 1 fully saturated rings. The highest BCUT2D eigenvalue weighted by atomic mass is 16.5. The van der Waals surface area contributed by atoms with Crippen LogP contribution in [-0.2, 0) is 11.3 Å². The molecule has 2 aliphatic rings. The number of nitrogens with one attached hydrogen (secondary N) is 1. The van der Waals surface area contributed by atoms with Gasteiger partial charge in [-0.25, -0.2) is 4.98 Å². The van der Waals surface area contributed by atoms with Crippen molar-refractivity contribution in [1.29, 1.82) is 0 Å². The summed E-state index contributed by atoms with van der Waals surface area (Å²) < 4.78 is 12.4. The molecule has 6 rings (SSSR count). The van der Waals surface area contributed by atoms with Crippen LogP contribution < -0.4 is 20.7 Å². The van der Waals surface area contributed by atoms with Gasteiger partial charge in [-0.05, 0) is 29.8 Å². The molecule has 0 bridgehead atoms. The van der Waals surface area contributed by atoms with Crippen LogP contribution in [0.4, 0.5) is 17.5 Å². The molecule has 11 nitrogen and oxygen atoms in total. The Morgan fingerprint density at radius 3 is 2.79 bits per heavy atom. The lowest BCUT2D eigenvalue weighted by atomic mass is 10.1. The third-order valence-electron chi connectivity index (χ3n) is 5.86. The van der Waals surface area contributed by atoms with E-state index >= 15 is 0 Å². The minimum absolute atomic E-state index is 0.0671. The highest BCUT2D eigenvalue weighted by Crippen LogP contribution is 2.29. The van der Waals surface area contributed by atoms with Crippen LogP contribution in [-0.4, -0.2) is 63.2 Å². The van der Waals surface area contributed by atoms with Crippen LogP contribution in [0.5, 0.6) is 5.75 Å². The van der Waals surface area contributed by atoms with Crippen LogP contribution in [0.15, 0.2) is 47.1 Å². The third kappa shape index (κ3) is 3.72. The number of hydrogen-bond donors (Lipinski definition) is 2. The average molecular weight is 446 g/mol. The lowest BCUT2D eigenvalue weighted by Gasteiger charge is -2.35. The summed E-state index contributed by atoms with van der Waals surface area (Å²) in [6, 6.07) is 11.4. The Balaban J connectivity index is 1.14. The number of nitrogens with two attached hydrogens (primary N) is 1. The number of carbonyl (C=O) groups is 1. The SMILES string of the molecule is Nc1nc(N2CCN(Cc3ccc4c(c3)NC(=O)CO4)CC2)cc2nc(-c3ccco3)nn12. The molecule has 0 spiro atoms. The lowest BCUT2D eigenvalue weighted by molar-refractivity contribution is -0.118. The maximum Gasteiger partial charge on any atom is 0.262 e. The van der Waals surface area contributed by atoms with E-state index in [2.05, 4.69) is 30.2 Å². The van der Waals surface area contributed by atoms with Crippen LogP contribution in [0.3, 0.4) is 0 Å². The monoisotopic (exact) mass is 446 g/mol.